The zero-order valence-corrected chi connectivity index (χ0v) is 10.8. The van der Waals surface area contributed by atoms with Crippen LogP contribution in [0.15, 0.2) is 18.2 Å². The molecular formula is C12H16N4O4. The Kier molecular flexibility index (Phi) is 4.16. The summed E-state index contributed by atoms with van der Waals surface area (Å²) in [5.74, 6) is -0.162. The van der Waals surface area contributed by atoms with Crippen LogP contribution in [0.25, 0.3) is 0 Å². The van der Waals surface area contributed by atoms with Crippen molar-refractivity contribution in [1.82, 2.24) is 0 Å². The number of anilines is 2. The molecule has 1 aromatic carbocycles. The van der Waals surface area contributed by atoms with Crippen LogP contribution in [-0.4, -0.2) is 41.7 Å². The van der Waals surface area contributed by atoms with Gasteiger partial charge in [-0.15, -0.1) is 0 Å². The fourth-order valence-electron chi connectivity index (χ4n) is 2.17. The molecule has 1 amide bonds. The summed E-state index contributed by atoms with van der Waals surface area (Å²) in [6, 6.07) is 3.95. The third-order valence-electron chi connectivity index (χ3n) is 3.07. The van der Waals surface area contributed by atoms with Crippen LogP contribution >= 0.6 is 0 Å². The molecule has 8 heteroatoms. The average Bonchev–Trinajstić information content (AvgIpc) is 2.75. The number of hydrogen-bond donors (Lipinski definition) is 3. The zero-order chi connectivity index (χ0) is 14.7. The molecule has 108 valence electrons. The van der Waals surface area contributed by atoms with Gasteiger partial charge in [0.05, 0.1) is 22.9 Å². The first-order chi connectivity index (χ1) is 9.52. The highest BCUT2D eigenvalue weighted by molar-refractivity contribution is 5.99. The van der Waals surface area contributed by atoms with Crippen LogP contribution in [0.2, 0.25) is 0 Å². The van der Waals surface area contributed by atoms with Crippen molar-refractivity contribution in [3.05, 3.63) is 28.3 Å². The van der Waals surface area contributed by atoms with Gasteiger partial charge in [0.2, 0.25) is 5.91 Å². The van der Waals surface area contributed by atoms with Gasteiger partial charge in [-0.25, -0.2) is 0 Å². The smallest absolute Gasteiger partial charge is 0.271 e. The fraction of sp³-hybridized carbons (Fsp3) is 0.417. The quantitative estimate of drug-likeness (QED) is 0.518. The van der Waals surface area contributed by atoms with Crippen LogP contribution in [0.3, 0.4) is 0 Å². The number of aliphatic hydroxyl groups excluding tert-OH is 1. The molecule has 20 heavy (non-hydrogen) atoms. The molecule has 1 heterocycles. The molecule has 2 rings (SSSR count). The lowest BCUT2D eigenvalue weighted by molar-refractivity contribution is -0.384. The Bertz CT molecular complexity index is 534. The number of carbonyl (C=O) groups excluding carboxylic acids is 1. The van der Waals surface area contributed by atoms with Crippen molar-refractivity contribution >= 4 is 23.0 Å². The van der Waals surface area contributed by atoms with Crippen molar-refractivity contribution in [3.63, 3.8) is 0 Å². The lowest BCUT2D eigenvalue weighted by Crippen LogP contribution is -2.28. The number of nitro benzene ring substituents is 1. The Morgan fingerprint density at radius 2 is 2.30 bits per heavy atom. The first-order valence-electron chi connectivity index (χ1n) is 6.22. The number of carbonyl (C=O) groups is 1. The van der Waals surface area contributed by atoms with Gasteiger partial charge in [0.15, 0.2) is 0 Å². The van der Waals surface area contributed by atoms with E-state index >= 15 is 0 Å². The summed E-state index contributed by atoms with van der Waals surface area (Å²) in [6.07, 6.45) is 0.224. The van der Waals surface area contributed by atoms with E-state index in [-0.39, 0.29) is 30.7 Å². The maximum Gasteiger partial charge on any atom is 0.271 e. The van der Waals surface area contributed by atoms with Gasteiger partial charge in [-0.1, -0.05) is 0 Å². The molecule has 0 saturated carbocycles. The molecule has 0 radical (unpaired) electrons. The molecule has 1 saturated heterocycles. The van der Waals surface area contributed by atoms with E-state index in [0.29, 0.717) is 24.5 Å². The summed E-state index contributed by atoms with van der Waals surface area (Å²) >= 11 is 0. The summed E-state index contributed by atoms with van der Waals surface area (Å²) < 4.78 is 0. The van der Waals surface area contributed by atoms with Crippen molar-refractivity contribution < 1.29 is 14.8 Å². The minimum atomic E-state index is -0.514. The van der Waals surface area contributed by atoms with Gasteiger partial charge in [-0.05, 0) is 6.07 Å². The van der Waals surface area contributed by atoms with E-state index in [1.54, 1.807) is 0 Å². The Labute approximate surface area is 115 Å². The summed E-state index contributed by atoms with van der Waals surface area (Å²) in [4.78, 5) is 23.7. The SMILES string of the molecule is NC1CC(=O)N(c2cc([N+](=O)[O-])ccc2NCCO)C1. The van der Waals surface area contributed by atoms with Crippen LogP contribution in [0.4, 0.5) is 17.1 Å². The average molecular weight is 280 g/mol. The largest absolute Gasteiger partial charge is 0.395 e. The number of rotatable bonds is 5. The Morgan fingerprint density at radius 3 is 2.85 bits per heavy atom. The molecule has 0 spiro atoms. The highest BCUT2D eigenvalue weighted by atomic mass is 16.6. The lowest BCUT2D eigenvalue weighted by atomic mass is 10.2. The van der Waals surface area contributed by atoms with E-state index in [4.69, 9.17) is 10.8 Å². The van der Waals surface area contributed by atoms with Crippen LogP contribution in [0, 0.1) is 10.1 Å². The third-order valence-corrected chi connectivity index (χ3v) is 3.07. The molecule has 1 aliphatic rings. The highest BCUT2D eigenvalue weighted by Crippen LogP contribution is 2.32. The lowest BCUT2D eigenvalue weighted by Gasteiger charge is -2.20. The molecule has 1 unspecified atom stereocenters. The van der Waals surface area contributed by atoms with E-state index in [1.807, 2.05) is 0 Å². The molecule has 1 atom stereocenters. The number of amides is 1. The molecule has 0 aliphatic carbocycles. The second-order valence-corrected chi connectivity index (χ2v) is 4.58. The van der Waals surface area contributed by atoms with Gasteiger partial charge in [0, 0.05) is 37.7 Å². The van der Waals surface area contributed by atoms with Gasteiger partial charge < -0.3 is 21.1 Å². The predicted octanol–water partition coefficient (Wildman–Crippen LogP) is 0.0630. The first kappa shape index (κ1) is 14.2. The Hall–Kier alpha value is -2.19. The number of nitrogens with two attached hydrogens (primary N) is 1. The van der Waals surface area contributed by atoms with Crippen molar-refractivity contribution in [2.75, 3.05) is 29.9 Å². The van der Waals surface area contributed by atoms with E-state index < -0.39 is 4.92 Å². The van der Waals surface area contributed by atoms with E-state index in [1.165, 1.54) is 23.1 Å². The van der Waals surface area contributed by atoms with Crippen LogP contribution in [-0.2, 0) is 4.79 Å². The monoisotopic (exact) mass is 280 g/mol. The zero-order valence-electron chi connectivity index (χ0n) is 10.8. The van der Waals surface area contributed by atoms with Crippen LogP contribution < -0.4 is 16.0 Å². The summed E-state index contributed by atoms with van der Waals surface area (Å²) in [7, 11) is 0. The summed E-state index contributed by atoms with van der Waals surface area (Å²) in [5.41, 5.74) is 6.63. The third kappa shape index (κ3) is 2.86. The van der Waals surface area contributed by atoms with Gasteiger partial charge in [0.1, 0.15) is 0 Å². The Balaban J connectivity index is 2.38. The van der Waals surface area contributed by atoms with E-state index in [0.717, 1.165) is 0 Å². The number of hydrogen-bond acceptors (Lipinski definition) is 6. The van der Waals surface area contributed by atoms with Crippen molar-refractivity contribution in [2.24, 2.45) is 5.73 Å². The molecule has 4 N–H and O–H groups in total. The molecule has 8 nitrogen and oxygen atoms in total. The number of nitro groups is 1. The minimum Gasteiger partial charge on any atom is -0.395 e. The number of nitrogens with zero attached hydrogens (tertiary/aromatic N) is 2. The topological polar surface area (TPSA) is 122 Å². The number of benzene rings is 1. The van der Waals surface area contributed by atoms with Crippen molar-refractivity contribution in [1.29, 1.82) is 0 Å². The second-order valence-electron chi connectivity index (χ2n) is 4.58. The number of non-ortho nitro benzene ring substituents is 1. The maximum absolute atomic E-state index is 11.9. The van der Waals surface area contributed by atoms with Crippen LogP contribution in [0.5, 0.6) is 0 Å². The van der Waals surface area contributed by atoms with E-state index in [9.17, 15) is 14.9 Å². The van der Waals surface area contributed by atoms with Gasteiger partial charge in [-0.2, -0.15) is 0 Å². The number of nitrogens with one attached hydrogen (secondary N) is 1. The molecule has 1 aromatic rings. The second kappa shape index (κ2) is 5.85. The summed E-state index contributed by atoms with van der Waals surface area (Å²) in [6.45, 7) is 0.538. The van der Waals surface area contributed by atoms with Gasteiger partial charge in [0.25, 0.3) is 5.69 Å². The minimum absolute atomic E-state index is 0.0795. The molecule has 1 fully saturated rings. The van der Waals surface area contributed by atoms with Crippen LogP contribution in [0.1, 0.15) is 6.42 Å². The first-order valence-corrected chi connectivity index (χ1v) is 6.22. The molecule has 0 aromatic heterocycles. The standard InChI is InChI=1S/C12H16N4O4/c13-8-5-12(18)15(7-8)11-6-9(16(19)20)1-2-10(11)14-3-4-17/h1-2,6,8,14,17H,3-5,7,13H2. The number of aliphatic hydroxyl groups is 1. The predicted molar refractivity (Wildman–Crippen MR) is 73.6 cm³/mol. The summed E-state index contributed by atoms with van der Waals surface area (Å²) in [5, 5.41) is 22.6. The Morgan fingerprint density at radius 1 is 1.55 bits per heavy atom. The maximum atomic E-state index is 11.9. The van der Waals surface area contributed by atoms with E-state index in [2.05, 4.69) is 5.32 Å². The normalized spacial score (nSPS) is 18.4. The molecule has 1 aliphatic heterocycles. The fourth-order valence-corrected chi connectivity index (χ4v) is 2.17. The van der Waals surface area contributed by atoms with Crippen molar-refractivity contribution in [3.8, 4) is 0 Å². The molecule has 0 bridgehead atoms. The van der Waals surface area contributed by atoms with Crippen molar-refractivity contribution in [2.45, 2.75) is 12.5 Å². The van der Waals surface area contributed by atoms with Gasteiger partial charge in [-0.3, -0.25) is 14.9 Å². The molecular weight excluding hydrogens is 264 g/mol. The van der Waals surface area contributed by atoms with Gasteiger partial charge >= 0.3 is 0 Å². The highest BCUT2D eigenvalue weighted by Gasteiger charge is 2.30.